The Morgan fingerprint density at radius 2 is 1.22 bits per heavy atom. The Labute approximate surface area is 288 Å². The van der Waals surface area contributed by atoms with Gasteiger partial charge in [0.15, 0.2) is 16.2 Å². The first kappa shape index (κ1) is 31.8. The minimum atomic E-state index is -1.06. The first-order valence-electron chi connectivity index (χ1n) is 15.5. The van der Waals surface area contributed by atoms with Crippen LogP contribution >= 0.6 is 44.1 Å². The number of carbonyl (C=O) groups excluding carboxylic acids is 3. The summed E-state index contributed by atoms with van der Waals surface area (Å²) < 4.78 is 25.3. The van der Waals surface area contributed by atoms with Crippen molar-refractivity contribution in [2.24, 2.45) is 11.8 Å². The Kier molecular flexibility index (Phi) is 8.76. The number of amides is 4. The van der Waals surface area contributed by atoms with Crippen molar-refractivity contribution in [2.45, 2.75) is 61.8 Å². The van der Waals surface area contributed by atoms with Gasteiger partial charge >= 0.3 is 6.03 Å². The minimum Gasteiger partial charge on any atom is -0.490 e. The average molecular weight is 779 g/mol. The van der Waals surface area contributed by atoms with Crippen LogP contribution in [-0.4, -0.2) is 61.6 Å². The summed E-state index contributed by atoms with van der Waals surface area (Å²) in [5, 5.41) is 11.5. The number of rotatable bonds is 2. The lowest BCUT2D eigenvalue weighted by Gasteiger charge is -2.41. The smallest absolute Gasteiger partial charge is 0.322 e. The lowest BCUT2D eigenvalue weighted by molar-refractivity contribution is -0.127. The normalized spacial score (nSPS) is 32.9. The Hall–Kier alpha value is -2.78. The molecule has 6 atom stereocenters. The molecule has 4 saturated heterocycles. The standard InChI is InChI=1S/C16H17BrN2O4.C16H17BrN2O3S/c17-10-3-4-12-11(6-10)16(14(20)18-15(21)19-16)7-13(23-12)9-2-1-5-22-8-9;17-10-3-4-12-11(6-10)16(14(20)18-15(23)19-16)7-13(22-12)9-2-1-5-21-8-9/h3-4,6,9,13H,1-2,5,7-8H2,(H2,18,19,20,21);3-4,6,9,13H,1-2,5,7-8H2,(H2,18,19,20,23). The number of hydrogen-bond donors (Lipinski definition) is 4. The van der Waals surface area contributed by atoms with E-state index in [2.05, 4.69) is 53.1 Å². The number of fused-ring (bicyclic) bond motifs is 4. The number of thiocarbonyl (C=S) groups is 1. The monoisotopic (exact) mass is 776 g/mol. The van der Waals surface area contributed by atoms with E-state index in [1.54, 1.807) is 0 Å². The van der Waals surface area contributed by atoms with Crippen LogP contribution in [0.5, 0.6) is 11.5 Å². The number of hydrogen-bond acceptors (Lipinski definition) is 8. The van der Waals surface area contributed by atoms with Crippen LogP contribution in [0.15, 0.2) is 45.3 Å². The molecule has 0 bridgehead atoms. The van der Waals surface area contributed by atoms with Gasteiger partial charge < -0.3 is 34.9 Å². The van der Waals surface area contributed by atoms with Crippen LogP contribution < -0.4 is 30.7 Å². The number of ether oxygens (including phenoxy) is 4. The van der Waals surface area contributed by atoms with Gasteiger partial charge in [0, 0.05) is 58.0 Å². The molecule has 2 aromatic rings. The molecule has 0 saturated carbocycles. The van der Waals surface area contributed by atoms with Crippen LogP contribution in [0.25, 0.3) is 0 Å². The number of urea groups is 1. The van der Waals surface area contributed by atoms with Crippen molar-refractivity contribution in [3.63, 3.8) is 0 Å². The fourth-order valence-electron chi connectivity index (χ4n) is 7.40. The van der Waals surface area contributed by atoms with Crippen LogP contribution in [0.2, 0.25) is 0 Å². The third-order valence-corrected chi connectivity index (χ3v) is 10.9. The van der Waals surface area contributed by atoms with E-state index in [9.17, 15) is 14.4 Å². The fourth-order valence-corrected chi connectivity index (χ4v) is 8.39. The quantitative estimate of drug-likeness (QED) is 0.260. The molecule has 4 N–H and O–H groups in total. The van der Waals surface area contributed by atoms with Crippen LogP contribution in [0, 0.1) is 11.8 Å². The molecule has 8 rings (SSSR count). The molecule has 2 aromatic carbocycles. The van der Waals surface area contributed by atoms with Gasteiger partial charge in [-0.05, 0) is 74.3 Å². The summed E-state index contributed by atoms with van der Waals surface area (Å²) in [5.41, 5.74) is -0.381. The Balaban J connectivity index is 0.000000147. The highest BCUT2D eigenvalue weighted by atomic mass is 79.9. The van der Waals surface area contributed by atoms with E-state index in [1.807, 2.05) is 36.4 Å². The second-order valence-corrected chi connectivity index (χ2v) is 14.8. The van der Waals surface area contributed by atoms with E-state index < -0.39 is 17.1 Å². The molecule has 11 nitrogen and oxygen atoms in total. The molecule has 0 aromatic heterocycles. The minimum absolute atomic E-state index is 0.0666. The summed E-state index contributed by atoms with van der Waals surface area (Å²) in [6, 6.07) is 10.9. The molecule has 6 aliphatic heterocycles. The summed E-state index contributed by atoms with van der Waals surface area (Å²) in [4.78, 5) is 37.1. The first-order chi connectivity index (χ1) is 22.2. The summed E-state index contributed by atoms with van der Waals surface area (Å²) in [7, 11) is 0. The zero-order valence-corrected chi connectivity index (χ0v) is 28.9. The van der Waals surface area contributed by atoms with Gasteiger partial charge in [-0.2, -0.15) is 0 Å². The summed E-state index contributed by atoms with van der Waals surface area (Å²) >= 11 is 12.1. The molecule has 14 heteroatoms. The predicted octanol–water partition coefficient (Wildman–Crippen LogP) is 4.29. The van der Waals surface area contributed by atoms with Gasteiger partial charge in [-0.25, -0.2) is 4.79 Å². The molecule has 6 aliphatic rings. The number of halogens is 2. The molecule has 46 heavy (non-hydrogen) atoms. The van der Waals surface area contributed by atoms with Crippen LogP contribution in [0.3, 0.4) is 0 Å². The van der Waals surface area contributed by atoms with Crippen LogP contribution in [0.4, 0.5) is 4.79 Å². The predicted molar refractivity (Wildman–Crippen MR) is 177 cm³/mol. The molecule has 244 valence electrons. The molecule has 6 unspecified atom stereocenters. The molecule has 6 heterocycles. The maximum atomic E-state index is 12.7. The highest BCUT2D eigenvalue weighted by Gasteiger charge is 2.55. The second-order valence-electron chi connectivity index (χ2n) is 12.6. The third kappa shape index (κ3) is 5.80. The van der Waals surface area contributed by atoms with E-state index in [-0.39, 0.29) is 29.9 Å². The summed E-state index contributed by atoms with van der Waals surface area (Å²) in [6.07, 6.45) is 4.82. The molecule has 0 radical (unpaired) electrons. The van der Waals surface area contributed by atoms with Crippen molar-refractivity contribution in [2.75, 3.05) is 26.4 Å². The van der Waals surface area contributed by atoms with E-state index in [0.29, 0.717) is 48.4 Å². The lowest BCUT2D eigenvalue weighted by atomic mass is 9.78. The van der Waals surface area contributed by atoms with Crippen molar-refractivity contribution >= 4 is 67.0 Å². The zero-order chi connectivity index (χ0) is 32.1. The van der Waals surface area contributed by atoms with Crippen molar-refractivity contribution in [1.29, 1.82) is 0 Å². The van der Waals surface area contributed by atoms with Crippen molar-refractivity contribution in [3.8, 4) is 11.5 Å². The van der Waals surface area contributed by atoms with E-state index in [0.717, 1.165) is 59.2 Å². The maximum absolute atomic E-state index is 12.7. The molecular weight excluding hydrogens is 744 g/mol. The van der Waals surface area contributed by atoms with E-state index in [1.165, 1.54) is 0 Å². The molecule has 4 fully saturated rings. The second kappa shape index (κ2) is 12.7. The largest absolute Gasteiger partial charge is 0.490 e. The number of carbonyl (C=O) groups is 3. The number of nitrogens with one attached hydrogen (secondary N) is 4. The first-order valence-corrected chi connectivity index (χ1v) is 17.5. The van der Waals surface area contributed by atoms with Gasteiger partial charge in [0.25, 0.3) is 11.8 Å². The van der Waals surface area contributed by atoms with Gasteiger partial charge in [0.05, 0.1) is 13.2 Å². The Morgan fingerprint density at radius 1 is 0.717 bits per heavy atom. The van der Waals surface area contributed by atoms with Crippen LogP contribution in [-0.2, 0) is 30.1 Å². The van der Waals surface area contributed by atoms with E-state index in [4.69, 9.17) is 31.2 Å². The van der Waals surface area contributed by atoms with Crippen molar-refractivity contribution in [1.82, 2.24) is 21.3 Å². The Bertz CT molecular complexity index is 1470. The average Bonchev–Trinajstić information content (AvgIpc) is 3.50. The Morgan fingerprint density at radius 3 is 1.63 bits per heavy atom. The van der Waals surface area contributed by atoms with Crippen molar-refractivity contribution in [3.05, 3.63) is 56.5 Å². The zero-order valence-electron chi connectivity index (χ0n) is 24.9. The SMILES string of the molecule is O=C1NC(=O)C2(CC(C3CCCOC3)Oc3ccc(Br)cc32)N1.O=C1NC(=S)NC12CC(C1CCCOC1)Oc1ccc(Br)cc12. The van der Waals surface area contributed by atoms with Crippen LogP contribution in [0.1, 0.15) is 49.7 Å². The van der Waals surface area contributed by atoms with Gasteiger partial charge in [-0.15, -0.1) is 0 Å². The highest BCUT2D eigenvalue weighted by molar-refractivity contribution is 9.10. The summed E-state index contributed by atoms with van der Waals surface area (Å²) in [6.45, 7) is 2.89. The summed E-state index contributed by atoms with van der Waals surface area (Å²) in [5.74, 6) is 1.48. The highest BCUT2D eigenvalue weighted by Crippen LogP contribution is 2.46. The number of benzene rings is 2. The third-order valence-electron chi connectivity index (χ3n) is 9.70. The molecule has 4 amide bonds. The fraction of sp³-hybridized carbons (Fsp3) is 0.500. The molecular formula is C32H34Br2N4O7S. The number of imide groups is 1. The molecule has 0 aliphatic carbocycles. The van der Waals surface area contributed by atoms with Gasteiger partial charge in [0.1, 0.15) is 23.7 Å². The van der Waals surface area contributed by atoms with E-state index >= 15 is 0 Å². The van der Waals surface area contributed by atoms with Gasteiger partial charge in [-0.1, -0.05) is 31.9 Å². The maximum Gasteiger partial charge on any atom is 0.322 e. The van der Waals surface area contributed by atoms with Gasteiger partial charge in [0.2, 0.25) is 0 Å². The lowest BCUT2D eigenvalue weighted by Crippen LogP contribution is -2.52. The van der Waals surface area contributed by atoms with Crippen molar-refractivity contribution < 1.29 is 33.3 Å². The molecule has 2 spiro atoms. The topological polar surface area (TPSA) is 136 Å². The van der Waals surface area contributed by atoms with Gasteiger partial charge in [-0.3, -0.25) is 14.9 Å².